The van der Waals surface area contributed by atoms with Crippen LogP contribution in [0.15, 0.2) is 0 Å². The summed E-state index contributed by atoms with van der Waals surface area (Å²) >= 11 is 2.10. The van der Waals surface area contributed by atoms with E-state index in [-0.39, 0.29) is 0 Å². The van der Waals surface area contributed by atoms with Crippen molar-refractivity contribution < 1.29 is 0 Å². The van der Waals surface area contributed by atoms with E-state index in [4.69, 9.17) is 0 Å². The Bertz CT molecular complexity index is 271. The van der Waals surface area contributed by atoms with Crippen LogP contribution in [0.5, 0.6) is 0 Å². The Hall–Kier alpha value is 0.270. The predicted molar refractivity (Wildman–Crippen MR) is 87.0 cm³/mol. The van der Waals surface area contributed by atoms with Crippen LogP contribution in [0.4, 0.5) is 0 Å². The van der Waals surface area contributed by atoms with E-state index in [2.05, 4.69) is 49.0 Å². The van der Waals surface area contributed by atoms with Gasteiger partial charge in [0, 0.05) is 36.5 Å². The van der Waals surface area contributed by atoms with Crippen LogP contribution in [0.25, 0.3) is 0 Å². The molecular formula is C16H32N2S. The van der Waals surface area contributed by atoms with Crippen molar-refractivity contribution in [3.8, 4) is 0 Å². The van der Waals surface area contributed by atoms with E-state index in [0.717, 1.165) is 23.3 Å². The quantitative estimate of drug-likeness (QED) is 0.833. The minimum atomic E-state index is 0.705. The Balaban J connectivity index is 2.05. The molecule has 0 aromatic heterocycles. The molecule has 0 radical (unpaired) electrons. The average Bonchev–Trinajstić information content (AvgIpc) is 2.93. The minimum Gasteiger partial charge on any atom is -0.311 e. The van der Waals surface area contributed by atoms with Crippen molar-refractivity contribution in [3.05, 3.63) is 0 Å². The van der Waals surface area contributed by atoms with Gasteiger partial charge in [-0.15, -0.1) is 0 Å². The highest BCUT2D eigenvalue weighted by atomic mass is 32.2. The standard InChI is InChI=1S/C16H32N2S/c1-5-12(3)14-11-18(13(6-2)10-17-14)15-8-7-9-16(15)19-4/h12-17H,5-11H2,1-4H3. The van der Waals surface area contributed by atoms with E-state index in [1.807, 2.05) is 0 Å². The van der Waals surface area contributed by atoms with Gasteiger partial charge in [-0.25, -0.2) is 0 Å². The summed E-state index contributed by atoms with van der Waals surface area (Å²) in [5.41, 5.74) is 0. The van der Waals surface area contributed by atoms with Gasteiger partial charge in [0.15, 0.2) is 0 Å². The summed E-state index contributed by atoms with van der Waals surface area (Å²) in [4.78, 5) is 2.88. The molecule has 1 saturated heterocycles. The van der Waals surface area contributed by atoms with Crippen LogP contribution in [-0.4, -0.2) is 47.6 Å². The first-order valence-corrected chi connectivity index (χ1v) is 9.51. The largest absolute Gasteiger partial charge is 0.311 e. The number of rotatable bonds is 5. The molecule has 2 aliphatic rings. The lowest BCUT2D eigenvalue weighted by atomic mass is 9.93. The molecule has 0 amide bonds. The molecule has 1 N–H and O–H groups in total. The number of piperazine rings is 1. The third-order valence-corrected chi connectivity index (χ3v) is 6.60. The second-order valence-corrected chi connectivity index (χ2v) is 7.51. The Morgan fingerprint density at radius 2 is 2.11 bits per heavy atom. The molecule has 1 saturated carbocycles. The molecule has 0 spiro atoms. The summed E-state index contributed by atoms with van der Waals surface area (Å²) < 4.78 is 0. The summed E-state index contributed by atoms with van der Waals surface area (Å²) in [6.45, 7) is 9.55. The zero-order valence-electron chi connectivity index (χ0n) is 13.2. The third kappa shape index (κ3) is 3.48. The van der Waals surface area contributed by atoms with Crippen molar-refractivity contribution >= 4 is 11.8 Å². The van der Waals surface area contributed by atoms with Gasteiger partial charge in [0.2, 0.25) is 0 Å². The van der Waals surface area contributed by atoms with Crippen LogP contribution in [-0.2, 0) is 0 Å². The van der Waals surface area contributed by atoms with Gasteiger partial charge in [0.25, 0.3) is 0 Å². The van der Waals surface area contributed by atoms with Gasteiger partial charge < -0.3 is 5.32 Å². The maximum atomic E-state index is 3.81. The Morgan fingerprint density at radius 1 is 1.32 bits per heavy atom. The lowest BCUT2D eigenvalue weighted by Gasteiger charge is -2.46. The molecule has 3 heteroatoms. The first-order chi connectivity index (χ1) is 9.21. The fourth-order valence-electron chi connectivity index (χ4n) is 3.86. The zero-order valence-corrected chi connectivity index (χ0v) is 14.0. The van der Waals surface area contributed by atoms with Crippen molar-refractivity contribution in [2.75, 3.05) is 19.3 Å². The van der Waals surface area contributed by atoms with Gasteiger partial charge in [-0.1, -0.05) is 33.6 Å². The molecular weight excluding hydrogens is 252 g/mol. The average molecular weight is 285 g/mol. The molecule has 112 valence electrons. The Kier molecular flexibility index (Phi) is 6.04. The zero-order chi connectivity index (χ0) is 13.8. The highest BCUT2D eigenvalue weighted by molar-refractivity contribution is 7.99. The first-order valence-electron chi connectivity index (χ1n) is 8.23. The number of hydrogen-bond acceptors (Lipinski definition) is 3. The predicted octanol–water partition coefficient (Wildman–Crippen LogP) is 3.37. The smallest absolute Gasteiger partial charge is 0.0222 e. The maximum absolute atomic E-state index is 3.81. The van der Waals surface area contributed by atoms with Gasteiger partial charge in [0.05, 0.1) is 0 Å². The van der Waals surface area contributed by atoms with Crippen molar-refractivity contribution in [2.45, 2.75) is 76.3 Å². The fraction of sp³-hybridized carbons (Fsp3) is 1.00. The molecule has 2 rings (SSSR count). The molecule has 2 nitrogen and oxygen atoms in total. The number of thioether (sulfide) groups is 1. The molecule has 1 aliphatic carbocycles. The van der Waals surface area contributed by atoms with Crippen molar-refractivity contribution in [1.82, 2.24) is 10.2 Å². The van der Waals surface area contributed by atoms with E-state index < -0.39 is 0 Å². The highest BCUT2D eigenvalue weighted by Crippen LogP contribution is 2.35. The summed E-state index contributed by atoms with van der Waals surface area (Å²) in [6.07, 6.45) is 9.18. The molecule has 1 aliphatic heterocycles. The number of hydrogen-bond donors (Lipinski definition) is 1. The van der Waals surface area contributed by atoms with Crippen molar-refractivity contribution in [1.29, 1.82) is 0 Å². The summed E-state index contributed by atoms with van der Waals surface area (Å²) in [6, 6.07) is 2.31. The topological polar surface area (TPSA) is 15.3 Å². The van der Waals surface area contributed by atoms with Crippen LogP contribution in [0.1, 0.15) is 52.9 Å². The van der Waals surface area contributed by atoms with E-state index in [1.165, 1.54) is 45.2 Å². The van der Waals surface area contributed by atoms with Gasteiger partial charge in [0.1, 0.15) is 0 Å². The highest BCUT2D eigenvalue weighted by Gasteiger charge is 2.38. The lowest BCUT2D eigenvalue weighted by molar-refractivity contribution is 0.0683. The molecule has 2 fully saturated rings. The summed E-state index contributed by atoms with van der Waals surface area (Å²) in [5.74, 6) is 0.800. The molecule has 0 aromatic rings. The van der Waals surface area contributed by atoms with Crippen LogP contribution in [0, 0.1) is 5.92 Å². The van der Waals surface area contributed by atoms with Crippen LogP contribution in [0.2, 0.25) is 0 Å². The molecule has 5 atom stereocenters. The molecule has 0 bridgehead atoms. The van der Waals surface area contributed by atoms with Crippen LogP contribution < -0.4 is 5.32 Å². The van der Waals surface area contributed by atoms with E-state index in [9.17, 15) is 0 Å². The first kappa shape index (κ1) is 15.7. The van der Waals surface area contributed by atoms with Crippen molar-refractivity contribution in [2.24, 2.45) is 5.92 Å². The maximum Gasteiger partial charge on any atom is 0.0222 e. The minimum absolute atomic E-state index is 0.705. The monoisotopic (exact) mass is 284 g/mol. The molecule has 0 aromatic carbocycles. The molecule has 5 unspecified atom stereocenters. The SMILES string of the molecule is CCC(C)C1CN(C2CCCC2SC)C(CC)CN1. The van der Waals surface area contributed by atoms with Gasteiger partial charge >= 0.3 is 0 Å². The Morgan fingerprint density at radius 3 is 2.74 bits per heavy atom. The van der Waals surface area contributed by atoms with Gasteiger partial charge in [-0.05, 0) is 31.4 Å². The molecule has 19 heavy (non-hydrogen) atoms. The lowest BCUT2D eigenvalue weighted by Crippen LogP contribution is -2.61. The Labute approximate surface area is 124 Å². The number of nitrogens with one attached hydrogen (secondary N) is 1. The second kappa shape index (κ2) is 7.33. The van der Waals surface area contributed by atoms with Gasteiger partial charge in [-0.2, -0.15) is 11.8 Å². The van der Waals surface area contributed by atoms with Gasteiger partial charge in [-0.3, -0.25) is 4.90 Å². The molecule has 1 heterocycles. The summed E-state index contributed by atoms with van der Waals surface area (Å²) in [5, 5.41) is 4.69. The second-order valence-electron chi connectivity index (χ2n) is 6.43. The van der Waals surface area contributed by atoms with E-state index in [0.29, 0.717) is 6.04 Å². The fourth-order valence-corrected chi connectivity index (χ4v) is 4.87. The number of nitrogens with zero attached hydrogens (tertiary/aromatic N) is 1. The summed E-state index contributed by atoms with van der Waals surface area (Å²) in [7, 11) is 0. The normalized spacial score (nSPS) is 38.5. The third-order valence-electron chi connectivity index (χ3n) is 5.44. The van der Waals surface area contributed by atoms with E-state index in [1.54, 1.807) is 0 Å². The van der Waals surface area contributed by atoms with E-state index >= 15 is 0 Å². The van der Waals surface area contributed by atoms with Crippen LogP contribution in [0.3, 0.4) is 0 Å². The van der Waals surface area contributed by atoms with Crippen LogP contribution >= 0.6 is 11.8 Å². The van der Waals surface area contributed by atoms with Crippen molar-refractivity contribution in [3.63, 3.8) is 0 Å².